The molecule has 0 bridgehead atoms. The molecule has 2 aromatic carbocycles. The van der Waals surface area contributed by atoms with Crippen LogP contribution in [-0.4, -0.2) is 61.2 Å². The molecule has 37 heavy (non-hydrogen) atoms. The summed E-state index contributed by atoms with van der Waals surface area (Å²) in [6.45, 7) is 10.8. The van der Waals surface area contributed by atoms with Gasteiger partial charge in [-0.1, -0.05) is 18.2 Å². The third-order valence-electron chi connectivity index (χ3n) is 6.89. The number of anilines is 1. The van der Waals surface area contributed by atoms with Crippen LogP contribution in [0.2, 0.25) is 0 Å². The average Bonchev–Trinajstić information content (AvgIpc) is 3.36. The Bertz CT molecular complexity index is 1500. The lowest BCUT2D eigenvalue weighted by Gasteiger charge is -2.40. The normalized spacial score (nSPS) is 15.7. The molecule has 4 aromatic rings. The Kier molecular flexibility index (Phi) is 6.24. The van der Waals surface area contributed by atoms with Gasteiger partial charge in [-0.3, -0.25) is 19.8 Å². The zero-order chi connectivity index (χ0) is 26.3. The molecule has 2 aromatic heterocycles. The quantitative estimate of drug-likeness (QED) is 0.325. The van der Waals surface area contributed by atoms with Crippen molar-refractivity contribution in [1.82, 2.24) is 30.1 Å². The third kappa shape index (κ3) is 4.69. The van der Waals surface area contributed by atoms with Gasteiger partial charge in [-0.25, -0.2) is 4.68 Å². The van der Waals surface area contributed by atoms with E-state index in [9.17, 15) is 14.9 Å². The van der Waals surface area contributed by atoms with Gasteiger partial charge in [0.1, 0.15) is 6.04 Å². The second-order valence-electron chi connectivity index (χ2n) is 10.4. The average molecular weight is 503 g/mol. The van der Waals surface area contributed by atoms with Crippen LogP contribution in [-0.2, 0) is 5.54 Å². The van der Waals surface area contributed by atoms with Crippen LogP contribution >= 0.6 is 0 Å². The van der Waals surface area contributed by atoms with E-state index >= 15 is 0 Å². The number of aromatic nitrogens is 5. The largest absolute Gasteiger partial charge is 0.369 e. The van der Waals surface area contributed by atoms with Crippen LogP contribution in [0.3, 0.4) is 0 Å². The van der Waals surface area contributed by atoms with Crippen molar-refractivity contribution in [1.29, 1.82) is 0 Å². The summed E-state index contributed by atoms with van der Waals surface area (Å²) in [5.41, 5.74) is 2.90. The molecule has 0 amide bonds. The summed E-state index contributed by atoms with van der Waals surface area (Å²) < 4.78 is 1.79. The number of H-pyrrole nitrogens is 1. The highest BCUT2D eigenvalue weighted by Crippen LogP contribution is 2.31. The highest BCUT2D eigenvalue weighted by Gasteiger charge is 2.35. The van der Waals surface area contributed by atoms with Gasteiger partial charge in [-0.2, -0.15) is 0 Å². The standard InChI is InChI=1S/C26H30N8O3/c1-17-6-5-7-18-16-21(25(35)27-22(17)18)23(24-28-29-30-33(24)26(2,3)4)32-14-12-31(13-15-32)19-8-10-20(11-9-19)34(36)37/h5-11,16,23H,12-15H2,1-4H3,(H,27,35). The molecule has 11 nitrogen and oxygen atoms in total. The fraction of sp³-hybridized carbons (Fsp3) is 0.385. The van der Waals surface area contributed by atoms with Gasteiger partial charge in [-0.05, 0) is 67.3 Å². The third-order valence-corrected chi connectivity index (χ3v) is 6.89. The fourth-order valence-electron chi connectivity index (χ4n) is 4.97. The van der Waals surface area contributed by atoms with E-state index in [-0.39, 0.29) is 16.8 Å². The lowest BCUT2D eigenvalue weighted by atomic mass is 10.00. The molecule has 1 saturated heterocycles. The topological polar surface area (TPSA) is 126 Å². The van der Waals surface area contributed by atoms with Crippen LogP contribution in [0, 0.1) is 17.0 Å². The van der Waals surface area contributed by atoms with Gasteiger partial charge in [0.15, 0.2) is 5.82 Å². The molecule has 192 valence electrons. The Balaban J connectivity index is 1.52. The number of benzene rings is 2. The van der Waals surface area contributed by atoms with Crippen LogP contribution in [0.5, 0.6) is 0 Å². The summed E-state index contributed by atoms with van der Waals surface area (Å²) in [4.78, 5) is 31.6. The molecule has 1 N–H and O–H groups in total. The lowest BCUT2D eigenvalue weighted by molar-refractivity contribution is -0.384. The number of nitro groups is 1. The molecule has 5 rings (SSSR count). The summed E-state index contributed by atoms with van der Waals surface area (Å²) in [6.07, 6.45) is 0. The van der Waals surface area contributed by atoms with Gasteiger partial charge >= 0.3 is 0 Å². The zero-order valence-electron chi connectivity index (χ0n) is 21.4. The molecular weight excluding hydrogens is 472 g/mol. The van der Waals surface area contributed by atoms with Crippen LogP contribution in [0.15, 0.2) is 53.3 Å². The van der Waals surface area contributed by atoms with Crippen LogP contribution in [0.25, 0.3) is 10.9 Å². The highest BCUT2D eigenvalue weighted by molar-refractivity contribution is 5.82. The number of tetrazole rings is 1. The molecule has 0 radical (unpaired) electrons. The molecule has 0 saturated carbocycles. The number of nitrogens with one attached hydrogen (secondary N) is 1. The Morgan fingerprint density at radius 2 is 1.76 bits per heavy atom. The molecule has 0 aliphatic carbocycles. The van der Waals surface area contributed by atoms with E-state index in [1.54, 1.807) is 16.8 Å². The van der Waals surface area contributed by atoms with Gasteiger partial charge in [0.25, 0.3) is 11.2 Å². The van der Waals surface area contributed by atoms with Crippen LogP contribution in [0.4, 0.5) is 11.4 Å². The minimum atomic E-state index is -0.443. The highest BCUT2D eigenvalue weighted by atomic mass is 16.6. The molecular formula is C26H30N8O3. The van der Waals surface area contributed by atoms with E-state index in [2.05, 4.69) is 30.3 Å². The molecule has 1 aliphatic heterocycles. The van der Waals surface area contributed by atoms with Gasteiger partial charge in [0.2, 0.25) is 0 Å². The van der Waals surface area contributed by atoms with Crippen molar-refractivity contribution in [3.05, 3.63) is 86.0 Å². The first-order valence-electron chi connectivity index (χ1n) is 12.3. The van der Waals surface area contributed by atoms with Crippen LogP contribution in [0.1, 0.15) is 43.8 Å². The molecule has 1 atom stereocenters. The number of aromatic amines is 1. The van der Waals surface area contributed by atoms with Gasteiger partial charge in [-0.15, -0.1) is 5.10 Å². The van der Waals surface area contributed by atoms with Crippen molar-refractivity contribution in [2.45, 2.75) is 39.3 Å². The predicted octanol–water partition coefficient (Wildman–Crippen LogP) is 3.40. The molecule has 1 fully saturated rings. The summed E-state index contributed by atoms with van der Waals surface area (Å²) in [7, 11) is 0. The summed E-state index contributed by atoms with van der Waals surface area (Å²) in [5.74, 6) is 0.619. The van der Waals surface area contributed by atoms with Crippen molar-refractivity contribution >= 4 is 22.3 Å². The van der Waals surface area contributed by atoms with Crippen LogP contribution < -0.4 is 10.5 Å². The van der Waals surface area contributed by atoms with Crippen molar-refractivity contribution < 1.29 is 4.92 Å². The number of para-hydroxylation sites is 1. The number of nitro benzene ring substituents is 1. The Labute approximate surface area is 213 Å². The smallest absolute Gasteiger partial charge is 0.269 e. The second kappa shape index (κ2) is 9.40. The van der Waals surface area contributed by atoms with Crippen molar-refractivity contribution in [3.63, 3.8) is 0 Å². The Hall–Kier alpha value is -4.12. The van der Waals surface area contributed by atoms with E-state index in [0.717, 1.165) is 22.2 Å². The minimum absolute atomic E-state index is 0.0715. The number of aryl methyl sites for hydroxylation is 1. The SMILES string of the molecule is Cc1cccc2cc(C(c3nnnn3C(C)(C)C)N3CCN(c4ccc([N+](=O)[O-])cc4)CC3)c(=O)[nH]c12. The maximum Gasteiger partial charge on any atom is 0.269 e. The van der Waals surface area contributed by atoms with Gasteiger partial charge < -0.3 is 9.88 Å². The molecule has 0 spiro atoms. The molecule has 1 aliphatic rings. The van der Waals surface area contributed by atoms with E-state index in [0.29, 0.717) is 37.6 Å². The maximum absolute atomic E-state index is 13.5. The number of hydrogen-bond acceptors (Lipinski definition) is 8. The van der Waals surface area contributed by atoms with Crippen molar-refractivity contribution in [3.8, 4) is 0 Å². The summed E-state index contributed by atoms with van der Waals surface area (Å²) in [6, 6.07) is 14.1. The number of piperazine rings is 1. The second-order valence-corrected chi connectivity index (χ2v) is 10.4. The summed E-state index contributed by atoms with van der Waals surface area (Å²) in [5, 5.41) is 24.6. The minimum Gasteiger partial charge on any atom is -0.369 e. The number of rotatable bonds is 5. The Morgan fingerprint density at radius 1 is 1.05 bits per heavy atom. The summed E-state index contributed by atoms with van der Waals surface area (Å²) >= 11 is 0. The van der Waals surface area contributed by atoms with Crippen molar-refractivity contribution in [2.75, 3.05) is 31.1 Å². The van der Waals surface area contributed by atoms with Gasteiger partial charge in [0.05, 0.1) is 16.0 Å². The lowest BCUT2D eigenvalue weighted by Crippen LogP contribution is -2.49. The first-order valence-corrected chi connectivity index (χ1v) is 12.3. The predicted molar refractivity (Wildman–Crippen MR) is 141 cm³/mol. The van der Waals surface area contributed by atoms with E-state index in [4.69, 9.17) is 0 Å². The zero-order valence-corrected chi connectivity index (χ0v) is 21.4. The molecule has 11 heteroatoms. The van der Waals surface area contributed by atoms with E-state index in [1.165, 1.54) is 12.1 Å². The number of fused-ring (bicyclic) bond motifs is 1. The first kappa shape index (κ1) is 24.6. The Morgan fingerprint density at radius 3 is 2.41 bits per heavy atom. The first-order chi connectivity index (χ1) is 17.6. The van der Waals surface area contributed by atoms with E-state index in [1.807, 2.05) is 52.0 Å². The maximum atomic E-state index is 13.5. The monoisotopic (exact) mass is 502 g/mol. The fourth-order valence-corrected chi connectivity index (χ4v) is 4.97. The number of nitrogens with zero attached hydrogens (tertiary/aromatic N) is 7. The van der Waals surface area contributed by atoms with Gasteiger partial charge in [0, 0.05) is 49.6 Å². The number of pyridine rings is 1. The molecule has 3 heterocycles. The number of non-ortho nitro benzene ring substituents is 1. The van der Waals surface area contributed by atoms with Crippen molar-refractivity contribution in [2.24, 2.45) is 0 Å². The number of hydrogen-bond donors (Lipinski definition) is 1. The molecule has 1 unspecified atom stereocenters. The van der Waals surface area contributed by atoms with E-state index < -0.39 is 11.0 Å².